The van der Waals surface area contributed by atoms with E-state index in [9.17, 15) is 0 Å². The van der Waals surface area contributed by atoms with Crippen LogP contribution in [0.4, 0.5) is 11.5 Å². The van der Waals surface area contributed by atoms with Gasteiger partial charge in [0.05, 0.1) is 11.9 Å². The molecule has 1 aromatic rings. The van der Waals surface area contributed by atoms with Gasteiger partial charge >= 0.3 is 0 Å². The molecule has 5 heteroatoms. The minimum Gasteiger partial charge on any atom is -0.368 e. The summed E-state index contributed by atoms with van der Waals surface area (Å²) >= 11 is 0. The Morgan fingerprint density at radius 3 is 3.00 bits per heavy atom. The lowest BCUT2D eigenvalue weighted by molar-refractivity contribution is 0.556. The first-order valence-electron chi connectivity index (χ1n) is 8.43. The van der Waals surface area contributed by atoms with E-state index < -0.39 is 0 Å². The van der Waals surface area contributed by atoms with E-state index in [0.29, 0.717) is 6.04 Å². The van der Waals surface area contributed by atoms with E-state index >= 15 is 0 Å². The van der Waals surface area contributed by atoms with Gasteiger partial charge in [0.2, 0.25) is 0 Å². The van der Waals surface area contributed by atoms with E-state index in [-0.39, 0.29) is 0 Å². The molecule has 2 N–H and O–H groups in total. The SMILES string of the molecule is c1nnc(NCC2CCCC2)cc1N1C[C@H]2CCN[C@H]2C1. The molecule has 0 spiro atoms. The fraction of sp³-hybridized carbons (Fsp3) is 0.750. The van der Waals surface area contributed by atoms with Crippen LogP contribution in [0.1, 0.15) is 32.1 Å². The van der Waals surface area contributed by atoms with Crippen molar-refractivity contribution in [2.24, 2.45) is 11.8 Å². The average Bonchev–Trinajstić information content (AvgIpc) is 3.22. The van der Waals surface area contributed by atoms with E-state index in [1.807, 2.05) is 6.20 Å². The van der Waals surface area contributed by atoms with Gasteiger partial charge in [0.15, 0.2) is 5.82 Å². The standard InChI is InChI=1S/C16H25N5/c1-2-4-12(3-1)8-18-16-7-14(9-19-20-16)21-10-13-5-6-17-15(13)11-21/h7,9,12-13,15,17H,1-6,8,10-11H2,(H,18,20)/t13-,15+/m1/s1. The summed E-state index contributed by atoms with van der Waals surface area (Å²) in [5.41, 5.74) is 1.22. The van der Waals surface area contributed by atoms with Gasteiger partial charge in [-0.1, -0.05) is 12.8 Å². The van der Waals surface area contributed by atoms with Crippen LogP contribution in [0.3, 0.4) is 0 Å². The van der Waals surface area contributed by atoms with Crippen molar-refractivity contribution in [2.75, 3.05) is 36.4 Å². The molecule has 1 aliphatic carbocycles. The molecule has 0 bridgehead atoms. The van der Waals surface area contributed by atoms with Crippen molar-refractivity contribution in [1.82, 2.24) is 15.5 Å². The summed E-state index contributed by atoms with van der Waals surface area (Å²) in [6, 6.07) is 2.84. The lowest BCUT2D eigenvalue weighted by atomic mass is 10.1. The first-order chi connectivity index (χ1) is 10.4. The largest absolute Gasteiger partial charge is 0.368 e. The summed E-state index contributed by atoms with van der Waals surface area (Å²) in [5, 5.41) is 15.5. The number of aromatic nitrogens is 2. The second-order valence-corrected chi connectivity index (χ2v) is 6.84. The molecule has 1 aromatic heterocycles. The van der Waals surface area contributed by atoms with Gasteiger partial charge in [-0.3, -0.25) is 0 Å². The Bertz CT molecular complexity index is 473. The average molecular weight is 287 g/mol. The zero-order valence-electron chi connectivity index (χ0n) is 12.6. The maximum Gasteiger partial charge on any atom is 0.150 e. The third-order valence-corrected chi connectivity index (χ3v) is 5.41. The van der Waals surface area contributed by atoms with Crippen LogP contribution < -0.4 is 15.5 Å². The van der Waals surface area contributed by atoms with E-state index in [1.54, 1.807) is 0 Å². The highest BCUT2D eigenvalue weighted by atomic mass is 15.2. The highest BCUT2D eigenvalue weighted by Gasteiger charge is 2.36. The second kappa shape index (κ2) is 5.79. The molecule has 2 aliphatic heterocycles. The molecule has 1 saturated carbocycles. The highest BCUT2D eigenvalue weighted by molar-refractivity contribution is 5.53. The number of fused-ring (bicyclic) bond motifs is 1. The van der Waals surface area contributed by atoms with Crippen LogP contribution in [0, 0.1) is 11.8 Å². The third kappa shape index (κ3) is 2.84. The van der Waals surface area contributed by atoms with Crippen molar-refractivity contribution >= 4 is 11.5 Å². The maximum atomic E-state index is 4.24. The first-order valence-corrected chi connectivity index (χ1v) is 8.43. The Balaban J connectivity index is 1.38. The number of hydrogen-bond donors (Lipinski definition) is 2. The number of nitrogens with one attached hydrogen (secondary N) is 2. The molecule has 5 nitrogen and oxygen atoms in total. The van der Waals surface area contributed by atoms with Crippen molar-refractivity contribution in [3.05, 3.63) is 12.3 Å². The van der Waals surface area contributed by atoms with Crippen LogP contribution in [-0.4, -0.2) is 42.4 Å². The Morgan fingerprint density at radius 2 is 2.14 bits per heavy atom. The molecule has 3 fully saturated rings. The Morgan fingerprint density at radius 1 is 1.24 bits per heavy atom. The van der Waals surface area contributed by atoms with Gasteiger partial charge in [0.1, 0.15) is 0 Å². The molecule has 2 saturated heterocycles. The summed E-state index contributed by atoms with van der Waals surface area (Å²) in [5.74, 6) is 2.57. The number of anilines is 2. The van der Waals surface area contributed by atoms with E-state index in [2.05, 4.69) is 31.8 Å². The van der Waals surface area contributed by atoms with Gasteiger partial charge in [-0.15, -0.1) is 5.10 Å². The topological polar surface area (TPSA) is 53.1 Å². The van der Waals surface area contributed by atoms with Crippen LogP contribution in [0.5, 0.6) is 0 Å². The van der Waals surface area contributed by atoms with Crippen LogP contribution in [0.15, 0.2) is 12.3 Å². The summed E-state index contributed by atoms with van der Waals surface area (Å²) in [7, 11) is 0. The molecular weight excluding hydrogens is 262 g/mol. The summed E-state index contributed by atoms with van der Waals surface area (Å²) in [6.07, 6.45) is 8.72. The minimum absolute atomic E-state index is 0.674. The van der Waals surface area contributed by atoms with Crippen molar-refractivity contribution < 1.29 is 0 Å². The fourth-order valence-corrected chi connectivity index (χ4v) is 4.14. The Hall–Kier alpha value is -1.36. The molecular formula is C16H25N5. The smallest absolute Gasteiger partial charge is 0.150 e. The molecule has 0 unspecified atom stereocenters. The van der Waals surface area contributed by atoms with Crippen LogP contribution in [0.2, 0.25) is 0 Å². The van der Waals surface area contributed by atoms with E-state index in [1.165, 1.54) is 44.3 Å². The van der Waals surface area contributed by atoms with Gasteiger partial charge < -0.3 is 15.5 Å². The Labute approximate surface area is 126 Å². The molecule has 2 atom stereocenters. The number of rotatable bonds is 4. The van der Waals surface area contributed by atoms with E-state index in [4.69, 9.17) is 0 Å². The molecule has 4 rings (SSSR count). The first kappa shape index (κ1) is 13.3. The molecule has 21 heavy (non-hydrogen) atoms. The van der Waals surface area contributed by atoms with E-state index in [0.717, 1.165) is 37.3 Å². The predicted molar refractivity (Wildman–Crippen MR) is 84.6 cm³/mol. The van der Waals surface area contributed by atoms with Gasteiger partial charge in [-0.2, -0.15) is 5.10 Å². The maximum absolute atomic E-state index is 4.24. The van der Waals surface area contributed by atoms with Gasteiger partial charge in [-0.05, 0) is 37.6 Å². The second-order valence-electron chi connectivity index (χ2n) is 6.84. The number of hydrogen-bond acceptors (Lipinski definition) is 5. The summed E-state index contributed by atoms with van der Waals surface area (Å²) in [4.78, 5) is 2.46. The fourth-order valence-electron chi connectivity index (χ4n) is 4.14. The normalized spacial score (nSPS) is 29.0. The van der Waals surface area contributed by atoms with Crippen molar-refractivity contribution in [1.29, 1.82) is 0 Å². The van der Waals surface area contributed by atoms with Crippen molar-refractivity contribution in [2.45, 2.75) is 38.1 Å². The molecule has 0 amide bonds. The minimum atomic E-state index is 0.674. The molecule has 3 aliphatic rings. The zero-order valence-corrected chi connectivity index (χ0v) is 12.6. The molecule has 0 radical (unpaired) electrons. The van der Waals surface area contributed by atoms with Gasteiger partial charge in [0, 0.05) is 31.7 Å². The van der Waals surface area contributed by atoms with Crippen LogP contribution in [-0.2, 0) is 0 Å². The van der Waals surface area contributed by atoms with Crippen molar-refractivity contribution in [3.8, 4) is 0 Å². The molecule has 0 aromatic carbocycles. The van der Waals surface area contributed by atoms with Gasteiger partial charge in [-0.25, -0.2) is 0 Å². The monoisotopic (exact) mass is 287 g/mol. The highest BCUT2D eigenvalue weighted by Crippen LogP contribution is 2.29. The lowest BCUT2D eigenvalue weighted by Crippen LogP contribution is -2.30. The quantitative estimate of drug-likeness (QED) is 0.885. The molecule has 3 heterocycles. The lowest BCUT2D eigenvalue weighted by Gasteiger charge is -2.20. The van der Waals surface area contributed by atoms with Gasteiger partial charge in [0.25, 0.3) is 0 Å². The summed E-state index contributed by atoms with van der Waals surface area (Å²) < 4.78 is 0. The Kier molecular flexibility index (Phi) is 3.67. The summed E-state index contributed by atoms with van der Waals surface area (Å²) in [6.45, 7) is 4.50. The zero-order chi connectivity index (χ0) is 14.1. The van der Waals surface area contributed by atoms with Crippen LogP contribution >= 0.6 is 0 Å². The third-order valence-electron chi connectivity index (χ3n) is 5.41. The van der Waals surface area contributed by atoms with Crippen LogP contribution in [0.25, 0.3) is 0 Å². The number of nitrogens with zero attached hydrogens (tertiary/aromatic N) is 3. The van der Waals surface area contributed by atoms with Crippen molar-refractivity contribution in [3.63, 3.8) is 0 Å². The molecule has 114 valence electrons. The predicted octanol–water partition coefficient (Wildman–Crippen LogP) is 1.88.